The van der Waals surface area contributed by atoms with Gasteiger partial charge in [0.05, 0.1) is 7.11 Å². The summed E-state index contributed by atoms with van der Waals surface area (Å²) < 4.78 is 18.7. The Kier molecular flexibility index (Phi) is 5.22. The van der Waals surface area contributed by atoms with Gasteiger partial charge in [0.1, 0.15) is 0 Å². The largest absolute Gasteiger partial charge is 0.494 e. The number of nitrogens with two attached hydrogens (primary N) is 1. The molecule has 1 aliphatic heterocycles. The number of hydrogen-bond donors (Lipinski definition) is 1. The van der Waals surface area contributed by atoms with Crippen LogP contribution in [0.3, 0.4) is 0 Å². The average Bonchev–Trinajstić information content (AvgIpc) is 2.49. The molecule has 1 aromatic rings. The van der Waals surface area contributed by atoms with Gasteiger partial charge in [-0.05, 0) is 49.0 Å². The lowest BCUT2D eigenvalue weighted by Crippen LogP contribution is -2.41. The predicted octanol–water partition coefficient (Wildman–Crippen LogP) is 3.35. The molecule has 0 aliphatic carbocycles. The molecule has 2 N–H and O–H groups in total. The summed E-state index contributed by atoms with van der Waals surface area (Å²) in [4.78, 5) is 2.39. The Labute approximate surface area is 127 Å². The van der Waals surface area contributed by atoms with Gasteiger partial charge in [-0.2, -0.15) is 0 Å². The second-order valence-electron chi connectivity index (χ2n) is 6.47. The molecule has 2 rings (SSSR count). The summed E-state index contributed by atoms with van der Waals surface area (Å²) in [5, 5.41) is 0. The average molecular weight is 294 g/mol. The topological polar surface area (TPSA) is 38.5 Å². The number of benzene rings is 1. The van der Waals surface area contributed by atoms with E-state index in [0.717, 1.165) is 25.2 Å². The van der Waals surface area contributed by atoms with Crippen LogP contribution in [0, 0.1) is 11.2 Å². The van der Waals surface area contributed by atoms with E-state index in [1.807, 2.05) is 6.07 Å². The number of hydrogen-bond acceptors (Lipinski definition) is 3. The van der Waals surface area contributed by atoms with Crippen molar-refractivity contribution < 1.29 is 9.13 Å². The van der Waals surface area contributed by atoms with Gasteiger partial charge in [-0.15, -0.1) is 0 Å². The minimum absolute atomic E-state index is 0.156. The molecule has 0 radical (unpaired) electrons. The van der Waals surface area contributed by atoms with Crippen LogP contribution in [0.4, 0.5) is 4.39 Å². The summed E-state index contributed by atoms with van der Waals surface area (Å²) in [5.74, 6) is -0.0784. The Morgan fingerprint density at radius 3 is 2.57 bits per heavy atom. The lowest BCUT2D eigenvalue weighted by atomic mass is 9.78. The first-order valence-electron chi connectivity index (χ1n) is 7.79. The zero-order valence-electron chi connectivity index (χ0n) is 13.4. The molecule has 1 heterocycles. The monoisotopic (exact) mass is 294 g/mol. The third-order valence-electron chi connectivity index (χ3n) is 4.98. The molecule has 1 fully saturated rings. The van der Waals surface area contributed by atoms with Crippen LogP contribution in [-0.2, 0) is 0 Å². The summed E-state index contributed by atoms with van der Waals surface area (Å²) >= 11 is 0. The molecule has 1 unspecified atom stereocenters. The van der Waals surface area contributed by atoms with Crippen molar-refractivity contribution in [3.63, 3.8) is 0 Å². The van der Waals surface area contributed by atoms with E-state index in [2.05, 4.69) is 18.7 Å². The standard InChI is InChI=1S/C17H27FN2O/c1-4-17(2)7-9-20(10-8-17)12-15(19)13-5-6-16(21-3)14(18)11-13/h5-6,11,15H,4,7-10,12,19H2,1-3H3. The Balaban J connectivity index is 1.93. The van der Waals surface area contributed by atoms with Gasteiger partial charge >= 0.3 is 0 Å². The molecule has 1 aliphatic rings. The second kappa shape index (κ2) is 6.75. The number of nitrogens with zero attached hydrogens (tertiary/aromatic N) is 1. The number of methoxy groups -OCH3 is 1. The SMILES string of the molecule is CCC1(C)CCN(CC(N)c2ccc(OC)c(F)c2)CC1. The van der Waals surface area contributed by atoms with Crippen molar-refractivity contribution in [2.45, 2.75) is 39.2 Å². The minimum Gasteiger partial charge on any atom is -0.494 e. The fourth-order valence-corrected chi connectivity index (χ4v) is 2.93. The number of halogens is 1. The highest BCUT2D eigenvalue weighted by molar-refractivity contribution is 5.31. The maximum Gasteiger partial charge on any atom is 0.165 e. The lowest BCUT2D eigenvalue weighted by Gasteiger charge is -2.39. The summed E-state index contributed by atoms with van der Waals surface area (Å²) in [7, 11) is 1.47. The minimum atomic E-state index is -0.345. The van der Waals surface area contributed by atoms with Gasteiger partial charge in [-0.3, -0.25) is 0 Å². The summed E-state index contributed by atoms with van der Waals surface area (Å²) in [6.07, 6.45) is 3.66. The van der Waals surface area contributed by atoms with E-state index >= 15 is 0 Å². The molecule has 118 valence electrons. The van der Waals surface area contributed by atoms with E-state index < -0.39 is 0 Å². The van der Waals surface area contributed by atoms with Gasteiger partial charge in [-0.25, -0.2) is 4.39 Å². The molecule has 4 heteroatoms. The first-order chi connectivity index (χ1) is 9.97. The Hall–Kier alpha value is -1.13. The molecule has 0 saturated carbocycles. The number of rotatable bonds is 5. The third-order valence-corrected chi connectivity index (χ3v) is 4.98. The van der Waals surface area contributed by atoms with Crippen LogP contribution in [0.25, 0.3) is 0 Å². The predicted molar refractivity (Wildman–Crippen MR) is 84.0 cm³/mol. The number of likely N-dealkylation sites (tertiary alicyclic amines) is 1. The van der Waals surface area contributed by atoms with Crippen molar-refractivity contribution in [3.8, 4) is 5.75 Å². The lowest BCUT2D eigenvalue weighted by molar-refractivity contribution is 0.110. The fraction of sp³-hybridized carbons (Fsp3) is 0.647. The molecule has 1 atom stereocenters. The molecule has 0 spiro atoms. The first kappa shape index (κ1) is 16.2. The van der Waals surface area contributed by atoms with Crippen molar-refractivity contribution in [3.05, 3.63) is 29.6 Å². The molecular weight excluding hydrogens is 267 g/mol. The molecule has 3 nitrogen and oxygen atoms in total. The maximum absolute atomic E-state index is 13.7. The highest BCUT2D eigenvalue weighted by atomic mass is 19.1. The van der Waals surface area contributed by atoms with E-state index in [-0.39, 0.29) is 17.6 Å². The highest BCUT2D eigenvalue weighted by Crippen LogP contribution is 2.34. The zero-order valence-corrected chi connectivity index (χ0v) is 13.4. The Bertz CT molecular complexity index is 470. The van der Waals surface area contributed by atoms with E-state index in [4.69, 9.17) is 10.5 Å². The quantitative estimate of drug-likeness (QED) is 0.905. The van der Waals surface area contributed by atoms with Crippen LogP contribution < -0.4 is 10.5 Å². The van der Waals surface area contributed by atoms with Crippen molar-refractivity contribution in [1.29, 1.82) is 0 Å². The van der Waals surface area contributed by atoms with Crippen LogP contribution in [0.2, 0.25) is 0 Å². The van der Waals surface area contributed by atoms with Crippen molar-refractivity contribution in [1.82, 2.24) is 4.90 Å². The molecule has 21 heavy (non-hydrogen) atoms. The van der Waals surface area contributed by atoms with Crippen molar-refractivity contribution in [2.24, 2.45) is 11.1 Å². The molecule has 1 aromatic carbocycles. The van der Waals surface area contributed by atoms with Crippen LogP contribution in [0.5, 0.6) is 5.75 Å². The fourth-order valence-electron chi connectivity index (χ4n) is 2.93. The van der Waals surface area contributed by atoms with Gasteiger partial charge in [-0.1, -0.05) is 26.3 Å². The van der Waals surface area contributed by atoms with Crippen LogP contribution >= 0.6 is 0 Å². The summed E-state index contributed by atoms with van der Waals surface area (Å²) in [5.41, 5.74) is 7.55. The summed E-state index contributed by atoms with van der Waals surface area (Å²) in [6, 6.07) is 4.84. The van der Waals surface area contributed by atoms with Gasteiger partial charge in [0.15, 0.2) is 11.6 Å². The van der Waals surface area contributed by atoms with E-state index in [0.29, 0.717) is 5.41 Å². The van der Waals surface area contributed by atoms with Gasteiger partial charge in [0.25, 0.3) is 0 Å². The normalized spacial score (nSPS) is 20.2. The number of ether oxygens (including phenoxy) is 1. The van der Waals surface area contributed by atoms with Crippen LogP contribution in [-0.4, -0.2) is 31.6 Å². The van der Waals surface area contributed by atoms with Crippen LogP contribution in [0.15, 0.2) is 18.2 Å². The molecular formula is C17H27FN2O. The van der Waals surface area contributed by atoms with Crippen molar-refractivity contribution >= 4 is 0 Å². The smallest absolute Gasteiger partial charge is 0.165 e. The molecule has 0 bridgehead atoms. The van der Waals surface area contributed by atoms with Crippen LogP contribution in [0.1, 0.15) is 44.7 Å². The summed E-state index contributed by atoms with van der Waals surface area (Å²) in [6.45, 7) is 7.57. The number of piperidine rings is 1. The Morgan fingerprint density at radius 2 is 2.05 bits per heavy atom. The molecule has 0 aromatic heterocycles. The zero-order chi connectivity index (χ0) is 15.5. The Morgan fingerprint density at radius 1 is 1.38 bits per heavy atom. The van der Waals surface area contributed by atoms with Gasteiger partial charge in [0, 0.05) is 12.6 Å². The van der Waals surface area contributed by atoms with E-state index in [1.54, 1.807) is 6.07 Å². The third kappa shape index (κ3) is 3.95. The van der Waals surface area contributed by atoms with E-state index in [1.165, 1.54) is 32.4 Å². The van der Waals surface area contributed by atoms with Crippen molar-refractivity contribution in [2.75, 3.05) is 26.7 Å². The molecule has 1 saturated heterocycles. The first-order valence-corrected chi connectivity index (χ1v) is 7.79. The van der Waals surface area contributed by atoms with Gasteiger partial charge in [0.2, 0.25) is 0 Å². The highest BCUT2D eigenvalue weighted by Gasteiger charge is 2.28. The maximum atomic E-state index is 13.7. The van der Waals surface area contributed by atoms with Gasteiger partial charge < -0.3 is 15.4 Å². The molecule has 0 amide bonds. The second-order valence-corrected chi connectivity index (χ2v) is 6.47. The van der Waals surface area contributed by atoms with E-state index in [9.17, 15) is 4.39 Å².